The Bertz CT molecular complexity index is 217. The van der Waals surface area contributed by atoms with E-state index in [1.807, 2.05) is 0 Å². The van der Waals surface area contributed by atoms with Gasteiger partial charge >= 0.3 is 0 Å². The van der Waals surface area contributed by atoms with Crippen LogP contribution >= 0.6 is 0 Å². The van der Waals surface area contributed by atoms with E-state index in [-0.39, 0.29) is 0 Å². The van der Waals surface area contributed by atoms with Gasteiger partial charge in [-0.05, 0) is 54.8 Å². The lowest BCUT2D eigenvalue weighted by Gasteiger charge is -2.37. The minimum Gasteiger partial charge on any atom is -0.396 e. The lowest BCUT2D eigenvalue weighted by Crippen LogP contribution is -2.33. The van der Waals surface area contributed by atoms with Gasteiger partial charge in [0.1, 0.15) is 0 Å². The van der Waals surface area contributed by atoms with Gasteiger partial charge in [-0.1, -0.05) is 13.8 Å². The van der Waals surface area contributed by atoms with Crippen molar-refractivity contribution < 1.29 is 10.2 Å². The molecule has 2 bridgehead atoms. The van der Waals surface area contributed by atoms with Gasteiger partial charge in [0.15, 0.2) is 0 Å². The molecule has 0 heterocycles. The molecule has 0 saturated heterocycles. The fourth-order valence-corrected chi connectivity index (χ4v) is 4.37. The molecule has 2 aliphatic carbocycles. The van der Waals surface area contributed by atoms with Crippen LogP contribution in [0, 0.1) is 35.5 Å². The van der Waals surface area contributed by atoms with E-state index in [0.717, 1.165) is 30.1 Å². The molecular formula is C13H24O2. The van der Waals surface area contributed by atoms with Crippen molar-refractivity contribution in [2.24, 2.45) is 35.5 Å². The van der Waals surface area contributed by atoms with Crippen LogP contribution in [0.4, 0.5) is 0 Å². The molecule has 0 amide bonds. The minimum atomic E-state index is 0.323. The standard InChI is InChI=1S/C13H24O2/c1-8(7-15)13-9(2)11-5-10(3-4-14)12(13)6-11/h8-15H,3-7H2,1-2H3. The maximum atomic E-state index is 9.31. The van der Waals surface area contributed by atoms with Gasteiger partial charge in [-0.25, -0.2) is 0 Å². The lowest BCUT2D eigenvalue weighted by molar-refractivity contribution is 0.0725. The third-order valence-corrected chi connectivity index (χ3v) is 5.08. The van der Waals surface area contributed by atoms with Crippen LogP contribution in [-0.2, 0) is 0 Å². The number of hydrogen-bond acceptors (Lipinski definition) is 2. The van der Waals surface area contributed by atoms with Crippen molar-refractivity contribution >= 4 is 0 Å². The first-order valence-electron chi connectivity index (χ1n) is 6.40. The highest BCUT2D eigenvalue weighted by Crippen LogP contribution is 2.58. The second-order valence-electron chi connectivity index (χ2n) is 5.76. The smallest absolute Gasteiger partial charge is 0.0459 e. The summed E-state index contributed by atoms with van der Waals surface area (Å²) in [4.78, 5) is 0. The summed E-state index contributed by atoms with van der Waals surface area (Å²) >= 11 is 0. The summed E-state index contributed by atoms with van der Waals surface area (Å²) in [5.41, 5.74) is 0. The molecule has 6 atom stereocenters. The molecule has 2 N–H and O–H groups in total. The van der Waals surface area contributed by atoms with Crippen LogP contribution in [0.3, 0.4) is 0 Å². The third kappa shape index (κ3) is 1.83. The zero-order valence-electron chi connectivity index (χ0n) is 9.89. The number of aliphatic hydroxyl groups is 2. The Labute approximate surface area is 92.7 Å². The predicted octanol–water partition coefficient (Wildman–Crippen LogP) is 1.91. The molecular weight excluding hydrogens is 188 g/mol. The molecule has 0 aliphatic heterocycles. The summed E-state index contributed by atoms with van der Waals surface area (Å²) in [7, 11) is 0. The molecule has 2 rings (SSSR count). The summed E-state index contributed by atoms with van der Waals surface area (Å²) in [6.07, 6.45) is 3.64. The molecule has 6 unspecified atom stereocenters. The highest BCUT2D eigenvalue weighted by Gasteiger charge is 2.51. The van der Waals surface area contributed by atoms with Crippen molar-refractivity contribution in [2.75, 3.05) is 13.2 Å². The van der Waals surface area contributed by atoms with E-state index in [0.29, 0.717) is 25.0 Å². The van der Waals surface area contributed by atoms with Crippen LogP contribution < -0.4 is 0 Å². The summed E-state index contributed by atoms with van der Waals surface area (Å²) in [6, 6.07) is 0. The Morgan fingerprint density at radius 1 is 1.27 bits per heavy atom. The quantitative estimate of drug-likeness (QED) is 0.747. The van der Waals surface area contributed by atoms with Crippen molar-refractivity contribution in [3.63, 3.8) is 0 Å². The first-order valence-corrected chi connectivity index (χ1v) is 6.40. The molecule has 2 saturated carbocycles. The highest BCUT2D eigenvalue weighted by atomic mass is 16.3. The Morgan fingerprint density at radius 2 is 2.00 bits per heavy atom. The van der Waals surface area contributed by atoms with Gasteiger partial charge in [0.05, 0.1) is 0 Å². The number of rotatable bonds is 4. The second kappa shape index (κ2) is 4.42. The van der Waals surface area contributed by atoms with E-state index in [4.69, 9.17) is 5.11 Å². The maximum absolute atomic E-state index is 9.31. The predicted molar refractivity (Wildman–Crippen MR) is 60.3 cm³/mol. The summed E-state index contributed by atoms with van der Waals surface area (Å²) in [5.74, 6) is 4.30. The minimum absolute atomic E-state index is 0.323. The number of aliphatic hydroxyl groups excluding tert-OH is 2. The zero-order valence-corrected chi connectivity index (χ0v) is 9.89. The number of fused-ring (bicyclic) bond motifs is 2. The zero-order chi connectivity index (χ0) is 11.0. The van der Waals surface area contributed by atoms with Gasteiger partial charge in [-0.2, -0.15) is 0 Å². The average molecular weight is 212 g/mol. The van der Waals surface area contributed by atoms with Crippen molar-refractivity contribution in [3.05, 3.63) is 0 Å². The maximum Gasteiger partial charge on any atom is 0.0459 e. The van der Waals surface area contributed by atoms with E-state index in [1.54, 1.807) is 0 Å². The van der Waals surface area contributed by atoms with Crippen molar-refractivity contribution in [1.29, 1.82) is 0 Å². The molecule has 15 heavy (non-hydrogen) atoms. The molecule has 2 aliphatic rings. The van der Waals surface area contributed by atoms with Crippen molar-refractivity contribution in [2.45, 2.75) is 33.1 Å². The van der Waals surface area contributed by atoms with Crippen LogP contribution in [-0.4, -0.2) is 23.4 Å². The Kier molecular flexibility index (Phi) is 3.36. The summed E-state index contributed by atoms with van der Waals surface area (Å²) < 4.78 is 0. The number of hydrogen-bond donors (Lipinski definition) is 2. The molecule has 0 aromatic rings. The van der Waals surface area contributed by atoms with Crippen LogP contribution in [0.25, 0.3) is 0 Å². The molecule has 2 fully saturated rings. The topological polar surface area (TPSA) is 40.5 Å². The fraction of sp³-hybridized carbons (Fsp3) is 1.00. The molecule has 0 spiro atoms. The Balaban J connectivity index is 2.05. The van der Waals surface area contributed by atoms with Crippen molar-refractivity contribution in [3.8, 4) is 0 Å². The summed E-state index contributed by atoms with van der Waals surface area (Å²) in [5, 5.41) is 18.4. The fourth-order valence-electron chi connectivity index (χ4n) is 4.37. The average Bonchev–Trinajstić information content (AvgIpc) is 2.75. The molecule has 2 heteroatoms. The second-order valence-corrected chi connectivity index (χ2v) is 5.76. The van der Waals surface area contributed by atoms with Gasteiger partial charge in [-0.3, -0.25) is 0 Å². The van der Waals surface area contributed by atoms with Gasteiger partial charge in [0.2, 0.25) is 0 Å². The molecule has 0 aromatic carbocycles. The first kappa shape index (κ1) is 11.4. The van der Waals surface area contributed by atoms with Crippen LogP contribution in [0.15, 0.2) is 0 Å². The van der Waals surface area contributed by atoms with Crippen LogP contribution in [0.5, 0.6) is 0 Å². The normalized spacial score (nSPS) is 46.0. The molecule has 2 nitrogen and oxygen atoms in total. The molecule has 0 aromatic heterocycles. The Hall–Kier alpha value is -0.0800. The van der Waals surface area contributed by atoms with E-state index < -0.39 is 0 Å². The van der Waals surface area contributed by atoms with E-state index in [9.17, 15) is 5.11 Å². The van der Waals surface area contributed by atoms with Gasteiger partial charge in [0.25, 0.3) is 0 Å². The highest BCUT2D eigenvalue weighted by molar-refractivity contribution is 5.00. The molecule has 0 radical (unpaired) electrons. The van der Waals surface area contributed by atoms with Crippen LogP contribution in [0.2, 0.25) is 0 Å². The van der Waals surface area contributed by atoms with Gasteiger partial charge in [0, 0.05) is 13.2 Å². The monoisotopic (exact) mass is 212 g/mol. The van der Waals surface area contributed by atoms with E-state index >= 15 is 0 Å². The van der Waals surface area contributed by atoms with Crippen LogP contribution in [0.1, 0.15) is 33.1 Å². The third-order valence-electron chi connectivity index (χ3n) is 5.08. The van der Waals surface area contributed by atoms with E-state index in [1.165, 1.54) is 12.8 Å². The van der Waals surface area contributed by atoms with Crippen molar-refractivity contribution in [1.82, 2.24) is 0 Å². The van der Waals surface area contributed by atoms with Gasteiger partial charge < -0.3 is 10.2 Å². The SMILES string of the molecule is CC(CO)C1C(C)C2CC(CCO)C1C2. The summed E-state index contributed by atoms with van der Waals surface area (Å²) in [6.45, 7) is 5.20. The van der Waals surface area contributed by atoms with Gasteiger partial charge in [-0.15, -0.1) is 0 Å². The first-order chi connectivity index (χ1) is 7.19. The molecule has 88 valence electrons. The lowest BCUT2D eigenvalue weighted by atomic mass is 9.69. The largest absolute Gasteiger partial charge is 0.396 e. The Morgan fingerprint density at radius 3 is 2.53 bits per heavy atom. The van der Waals surface area contributed by atoms with E-state index in [2.05, 4.69) is 13.8 Å².